The quantitative estimate of drug-likeness (QED) is 0.565. The van der Waals surface area contributed by atoms with Crippen LogP contribution in [-0.2, 0) is 4.79 Å². The summed E-state index contributed by atoms with van der Waals surface area (Å²) in [6, 6.07) is 7.29. The van der Waals surface area contributed by atoms with Crippen molar-refractivity contribution in [2.24, 2.45) is 0 Å². The van der Waals surface area contributed by atoms with E-state index in [1.807, 2.05) is 12.1 Å². The zero-order valence-electron chi connectivity index (χ0n) is 8.07. The highest BCUT2D eigenvalue weighted by molar-refractivity contribution is 5.92. The van der Waals surface area contributed by atoms with Crippen molar-refractivity contribution in [1.82, 2.24) is 4.98 Å². The van der Waals surface area contributed by atoms with Gasteiger partial charge in [0.25, 0.3) is 0 Å². The number of H-pyrrole nitrogens is 1. The Kier molecular flexibility index (Phi) is 2.14. The molecule has 0 unspecified atom stereocenters. The van der Waals surface area contributed by atoms with E-state index in [0.29, 0.717) is 16.7 Å². The van der Waals surface area contributed by atoms with Crippen molar-refractivity contribution >= 4 is 16.9 Å². The van der Waals surface area contributed by atoms with Crippen molar-refractivity contribution in [3.8, 4) is 11.8 Å². The zero-order valence-corrected chi connectivity index (χ0v) is 8.07. The third-order valence-corrected chi connectivity index (χ3v) is 2.04. The Hall–Kier alpha value is -2.28. The summed E-state index contributed by atoms with van der Waals surface area (Å²) in [5.41, 5.74) is 1.26. The molecule has 0 atom stereocenters. The maximum Gasteiger partial charge on any atom is 0.308 e. The number of nitrogens with one attached hydrogen (secondary N) is 1. The topological polar surface area (TPSA) is 65.9 Å². The van der Waals surface area contributed by atoms with Gasteiger partial charge in [0.15, 0.2) is 0 Å². The van der Waals surface area contributed by atoms with Gasteiger partial charge in [-0.2, -0.15) is 5.26 Å². The molecule has 0 amide bonds. The molecule has 0 saturated heterocycles. The predicted molar refractivity (Wildman–Crippen MR) is 54.3 cm³/mol. The lowest BCUT2D eigenvalue weighted by atomic mass is 10.2. The van der Waals surface area contributed by atoms with Crippen molar-refractivity contribution in [3.05, 3.63) is 30.0 Å². The Labute approximate surface area is 86.1 Å². The SMILES string of the molecule is CC(=O)Oc1cccc2[nH]cc(C#N)c12. The van der Waals surface area contributed by atoms with Crippen molar-refractivity contribution < 1.29 is 9.53 Å². The number of hydrogen-bond donors (Lipinski definition) is 1. The Morgan fingerprint density at radius 3 is 3.00 bits per heavy atom. The lowest BCUT2D eigenvalue weighted by Gasteiger charge is -2.02. The lowest BCUT2D eigenvalue weighted by Crippen LogP contribution is -2.01. The van der Waals surface area contributed by atoms with E-state index in [2.05, 4.69) is 4.98 Å². The summed E-state index contributed by atoms with van der Waals surface area (Å²) >= 11 is 0. The van der Waals surface area contributed by atoms with Crippen molar-refractivity contribution in [2.45, 2.75) is 6.92 Å². The summed E-state index contributed by atoms with van der Waals surface area (Å²) < 4.78 is 5.02. The number of benzene rings is 1. The molecule has 0 radical (unpaired) electrons. The Morgan fingerprint density at radius 1 is 1.53 bits per heavy atom. The van der Waals surface area contributed by atoms with E-state index >= 15 is 0 Å². The molecule has 0 spiro atoms. The van der Waals surface area contributed by atoms with Gasteiger partial charge in [-0.3, -0.25) is 4.79 Å². The molecule has 1 aromatic heterocycles. The molecule has 1 aromatic carbocycles. The molecule has 4 heteroatoms. The maximum absolute atomic E-state index is 10.9. The molecule has 0 aliphatic rings. The van der Waals surface area contributed by atoms with E-state index in [9.17, 15) is 4.79 Å². The number of nitrogens with zero attached hydrogens (tertiary/aromatic N) is 1. The minimum atomic E-state index is -0.396. The average Bonchev–Trinajstić information content (AvgIpc) is 2.61. The molecule has 15 heavy (non-hydrogen) atoms. The molecule has 74 valence electrons. The third kappa shape index (κ3) is 1.55. The van der Waals surface area contributed by atoms with Gasteiger partial charge in [0.05, 0.1) is 16.5 Å². The van der Waals surface area contributed by atoms with Crippen LogP contribution >= 0.6 is 0 Å². The lowest BCUT2D eigenvalue weighted by molar-refractivity contribution is -0.131. The molecule has 0 aliphatic carbocycles. The first kappa shape index (κ1) is 9.28. The van der Waals surface area contributed by atoms with Crippen LogP contribution in [0.4, 0.5) is 0 Å². The van der Waals surface area contributed by atoms with E-state index in [-0.39, 0.29) is 0 Å². The minimum Gasteiger partial charge on any atom is -0.426 e. The summed E-state index contributed by atoms with van der Waals surface area (Å²) in [7, 11) is 0. The summed E-state index contributed by atoms with van der Waals surface area (Å²) in [5, 5.41) is 9.52. The molecular formula is C11H8N2O2. The summed E-state index contributed by atoms with van der Waals surface area (Å²) in [5.74, 6) is 0.0189. The first-order valence-corrected chi connectivity index (χ1v) is 4.41. The van der Waals surface area contributed by atoms with Crippen LogP contribution in [0, 0.1) is 11.3 Å². The fourth-order valence-electron chi connectivity index (χ4n) is 1.48. The number of aromatic amines is 1. The summed E-state index contributed by atoms with van der Waals surface area (Å²) in [6.07, 6.45) is 1.59. The largest absolute Gasteiger partial charge is 0.426 e. The van der Waals surface area contributed by atoms with E-state index in [1.54, 1.807) is 18.3 Å². The maximum atomic E-state index is 10.9. The monoisotopic (exact) mass is 200 g/mol. The van der Waals surface area contributed by atoms with E-state index < -0.39 is 5.97 Å². The number of rotatable bonds is 1. The number of fused-ring (bicyclic) bond motifs is 1. The number of aromatic nitrogens is 1. The fraction of sp³-hybridized carbons (Fsp3) is 0.0909. The molecule has 1 heterocycles. The van der Waals surface area contributed by atoms with Gasteiger partial charge >= 0.3 is 5.97 Å². The highest BCUT2D eigenvalue weighted by Crippen LogP contribution is 2.28. The van der Waals surface area contributed by atoms with Crippen molar-refractivity contribution in [2.75, 3.05) is 0 Å². The molecule has 2 rings (SSSR count). The van der Waals surface area contributed by atoms with Crippen LogP contribution in [-0.4, -0.2) is 11.0 Å². The van der Waals surface area contributed by atoms with Gasteiger partial charge in [0.2, 0.25) is 0 Å². The number of esters is 1. The Bertz CT molecular complexity index is 563. The van der Waals surface area contributed by atoms with Gasteiger partial charge in [-0.25, -0.2) is 0 Å². The van der Waals surface area contributed by atoms with E-state index in [1.165, 1.54) is 6.92 Å². The van der Waals surface area contributed by atoms with Crippen LogP contribution in [0.25, 0.3) is 10.9 Å². The predicted octanol–water partition coefficient (Wildman–Crippen LogP) is 1.96. The third-order valence-electron chi connectivity index (χ3n) is 2.04. The van der Waals surface area contributed by atoms with E-state index in [0.717, 1.165) is 5.52 Å². The van der Waals surface area contributed by atoms with Gasteiger partial charge < -0.3 is 9.72 Å². The van der Waals surface area contributed by atoms with Crippen LogP contribution in [0.5, 0.6) is 5.75 Å². The molecule has 2 aromatic rings. The first-order chi connectivity index (χ1) is 7.22. The molecule has 0 bridgehead atoms. The smallest absolute Gasteiger partial charge is 0.308 e. The van der Waals surface area contributed by atoms with Gasteiger partial charge in [0.1, 0.15) is 11.8 Å². The minimum absolute atomic E-state index is 0.396. The highest BCUT2D eigenvalue weighted by atomic mass is 16.5. The van der Waals surface area contributed by atoms with Gasteiger partial charge in [-0.15, -0.1) is 0 Å². The molecule has 0 fully saturated rings. The molecule has 0 aliphatic heterocycles. The number of carbonyl (C=O) groups excluding carboxylic acids is 1. The Morgan fingerprint density at radius 2 is 2.33 bits per heavy atom. The fourth-order valence-corrected chi connectivity index (χ4v) is 1.48. The van der Waals surface area contributed by atoms with E-state index in [4.69, 9.17) is 10.00 Å². The highest BCUT2D eigenvalue weighted by Gasteiger charge is 2.10. The molecular weight excluding hydrogens is 192 g/mol. The second-order valence-corrected chi connectivity index (χ2v) is 3.09. The van der Waals surface area contributed by atoms with Crippen LogP contribution in [0.3, 0.4) is 0 Å². The van der Waals surface area contributed by atoms with Gasteiger partial charge in [-0.05, 0) is 12.1 Å². The van der Waals surface area contributed by atoms with Crippen LogP contribution in [0.15, 0.2) is 24.4 Å². The second kappa shape index (κ2) is 3.46. The van der Waals surface area contributed by atoms with Crippen LogP contribution in [0.2, 0.25) is 0 Å². The second-order valence-electron chi connectivity index (χ2n) is 3.09. The molecule has 0 saturated carbocycles. The number of hydrogen-bond acceptors (Lipinski definition) is 3. The molecule has 1 N–H and O–H groups in total. The van der Waals surface area contributed by atoms with Crippen molar-refractivity contribution in [1.29, 1.82) is 5.26 Å². The van der Waals surface area contributed by atoms with Crippen LogP contribution in [0.1, 0.15) is 12.5 Å². The average molecular weight is 200 g/mol. The molecule has 4 nitrogen and oxygen atoms in total. The number of carbonyl (C=O) groups is 1. The number of ether oxygens (including phenoxy) is 1. The van der Waals surface area contributed by atoms with Gasteiger partial charge in [0, 0.05) is 13.1 Å². The zero-order chi connectivity index (χ0) is 10.8. The summed E-state index contributed by atoms with van der Waals surface area (Å²) in [4.78, 5) is 13.8. The van der Waals surface area contributed by atoms with Crippen LogP contribution < -0.4 is 4.74 Å². The first-order valence-electron chi connectivity index (χ1n) is 4.41. The Balaban J connectivity index is 2.68. The van der Waals surface area contributed by atoms with Gasteiger partial charge in [-0.1, -0.05) is 6.07 Å². The van der Waals surface area contributed by atoms with Crippen molar-refractivity contribution in [3.63, 3.8) is 0 Å². The standard InChI is InChI=1S/C11H8N2O2/c1-7(14)15-10-4-2-3-9-11(10)8(5-12)6-13-9/h2-4,6,13H,1H3. The number of nitriles is 1. The normalized spacial score (nSPS) is 9.87. The summed E-state index contributed by atoms with van der Waals surface area (Å²) in [6.45, 7) is 1.33.